The fraction of sp³-hybridized carbons (Fsp3) is 0.667. The van der Waals surface area contributed by atoms with E-state index >= 15 is 0 Å². The van der Waals surface area contributed by atoms with Crippen molar-refractivity contribution in [3.63, 3.8) is 0 Å². The number of halogens is 1. The first-order valence-electron chi connectivity index (χ1n) is 5.62. The van der Waals surface area contributed by atoms with E-state index in [2.05, 4.69) is 48.1 Å². The molecule has 0 bridgehead atoms. The van der Waals surface area contributed by atoms with E-state index in [9.17, 15) is 0 Å². The first-order chi connectivity index (χ1) is 7.13. The van der Waals surface area contributed by atoms with Crippen LogP contribution in [0.4, 0.5) is 0 Å². The number of rotatable bonds is 4. The molecule has 1 aliphatic carbocycles. The summed E-state index contributed by atoms with van der Waals surface area (Å²) in [6.07, 6.45) is 1.38. The number of hydrogen-bond donors (Lipinski definition) is 1. The van der Waals surface area contributed by atoms with Crippen LogP contribution in [-0.2, 0) is 0 Å². The van der Waals surface area contributed by atoms with Gasteiger partial charge < -0.3 is 5.32 Å². The minimum absolute atomic E-state index is 0.568. The molecular formula is C12H18BrNS. The summed E-state index contributed by atoms with van der Waals surface area (Å²) in [5, 5.41) is 3.63. The van der Waals surface area contributed by atoms with E-state index in [4.69, 9.17) is 0 Å². The van der Waals surface area contributed by atoms with Gasteiger partial charge in [-0.1, -0.05) is 13.8 Å². The van der Waals surface area contributed by atoms with Gasteiger partial charge in [-0.15, -0.1) is 11.3 Å². The van der Waals surface area contributed by atoms with Crippen LogP contribution >= 0.6 is 27.3 Å². The van der Waals surface area contributed by atoms with Crippen LogP contribution in [0.5, 0.6) is 0 Å². The lowest BCUT2D eigenvalue weighted by Gasteiger charge is -2.16. The van der Waals surface area contributed by atoms with Crippen LogP contribution in [0.1, 0.15) is 36.1 Å². The van der Waals surface area contributed by atoms with E-state index in [0.29, 0.717) is 6.04 Å². The summed E-state index contributed by atoms with van der Waals surface area (Å²) in [4.78, 5) is 2.89. The second kappa shape index (κ2) is 4.56. The van der Waals surface area contributed by atoms with E-state index in [1.54, 1.807) is 0 Å². The van der Waals surface area contributed by atoms with E-state index in [0.717, 1.165) is 18.4 Å². The summed E-state index contributed by atoms with van der Waals surface area (Å²) in [7, 11) is 0. The molecule has 1 saturated carbocycles. The molecule has 3 heteroatoms. The summed E-state index contributed by atoms with van der Waals surface area (Å²) >= 11 is 5.60. The molecule has 1 fully saturated rings. The number of thiophene rings is 1. The Labute approximate surface area is 104 Å². The molecule has 3 unspecified atom stereocenters. The first-order valence-corrected chi connectivity index (χ1v) is 7.23. The Morgan fingerprint density at radius 1 is 1.67 bits per heavy atom. The van der Waals surface area contributed by atoms with Crippen molar-refractivity contribution in [2.75, 3.05) is 6.54 Å². The molecule has 1 aliphatic rings. The van der Waals surface area contributed by atoms with Gasteiger partial charge in [0, 0.05) is 20.3 Å². The zero-order valence-electron chi connectivity index (χ0n) is 9.51. The molecule has 1 aromatic rings. The van der Waals surface area contributed by atoms with Crippen molar-refractivity contribution in [3.05, 3.63) is 20.3 Å². The standard InChI is InChI=1S/C12H18BrNS/c1-4-14-11(9-5-7(9)2)12-10(13)6-8(3)15-12/h6-7,9,11,14H,4-5H2,1-3H3. The fourth-order valence-electron chi connectivity index (χ4n) is 2.19. The Hall–Kier alpha value is 0.140. The van der Waals surface area contributed by atoms with Crippen molar-refractivity contribution in [2.45, 2.75) is 33.2 Å². The van der Waals surface area contributed by atoms with Crippen LogP contribution < -0.4 is 5.32 Å². The average Bonchev–Trinajstić information content (AvgIpc) is 2.78. The summed E-state index contributed by atoms with van der Waals surface area (Å²) < 4.78 is 1.29. The minimum Gasteiger partial charge on any atom is -0.309 e. The molecule has 0 spiro atoms. The van der Waals surface area contributed by atoms with E-state index in [1.807, 2.05) is 11.3 Å². The third kappa shape index (κ3) is 2.45. The average molecular weight is 288 g/mol. The van der Waals surface area contributed by atoms with Gasteiger partial charge in [0.1, 0.15) is 0 Å². The molecule has 15 heavy (non-hydrogen) atoms. The van der Waals surface area contributed by atoms with Crippen LogP contribution in [0.3, 0.4) is 0 Å². The zero-order valence-corrected chi connectivity index (χ0v) is 11.9. The Kier molecular flexibility index (Phi) is 3.53. The SMILES string of the molecule is CCNC(c1sc(C)cc1Br)C1CC1C. The van der Waals surface area contributed by atoms with Crippen LogP contribution in [-0.4, -0.2) is 6.54 Å². The molecule has 1 nitrogen and oxygen atoms in total. The van der Waals surface area contributed by atoms with E-state index < -0.39 is 0 Å². The summed E-state index contributed by atoms with van der Waals surface area (Å²) in [5.41, 5.74) is 0. The second-order valence-electron chi connectivity index (χ2n) is 4.48. The predicted octanol–water partition coefficient (Wildman–Crippen LogP) is 4.13. The number of nitrogens with one attached hydrogen (secondary N) is 1. The molecule has 0 amide bonds. The number of hydrogen-bond acceptors (Lipinski definition) is 2. The maximum Gasteiger partial charge on any atom is 0.0457 e. The Morgan fingerprint density at radius 2 is 2.33 bits per heavy atom. The molecule has 0 radical (unpaired) electrons. The van der Waals surface area contributed by atoms with Gasteiger partial charge in [-0.2, -0.15) is 0 Å². The highest BCUT2D eigenvalue weighted by atomic mass is 79.9. The van der Waals surface area contributed by atoms with Gasteiger partial charge in [0.25, 0.3) is 0 Å². The summed E-state index contributed by atoms with van der Waals surface area (Å²) in [6.45, 7) is 7.77. The van der Waals surface area contributed by atoms with Crippen LogP contribution in [0, 0.1) is 18.8 Å². The van der Waals surface area contributed by atoms with Crippen molar-refractivity contribution in [1.82, 2.24) is 5.32 Å². The molecule has 3 atom stereocenters. The van der Waals surface area contributed by atoms with Gasteiger partial charge in [0.15, 0.2) is 0 Å². The van der Waals surface area contributed by atoms with E-state index in [1.165, 1.54) is 20.6 Å². The first kappa shape index (κ1) is 11.6. The quantitative estimate of drug-likeness (QED) is 0.878. The molecule has 1 N–H and O–H groups in total. The molecule has 0 aromatic carbocycles. The Bertz CT molecular complexity index is 347. The highest BCUT2D eigenvalue weighted by molar-refractivity contribution is 9.10. The van der Waals surface area contributed by atoms with Gasteiger partial charge >= 0.3 is 0 Å². The lowest BCUT2D eigenvalue weighted by atomic mass is 10.1. The topological polar surface area (TPSA) is 12.0 Å². The molecule has 1 aromatic heterocycles. The van der Waals surface area contributed by atoms with Crippen molar-refractivity contribution in [2.24, 2.45) is 11.8 Å². The third-order valence-electron chi connectivity index (χ3n) is 3.14. The van der Waals surface area contributed by atoms with E-state index in [-0.39, 0.29) is 0 Å². The minimum atomic E-state index is 0.568. The van der Waals surface area contributed by atoms with Crippen LogP contribution in [0.25, 0.3) is 0 Å². The summed E-state index contributed by atoms with van der Waals surface area (Å²) in [6, 6.07) is 2.80. The second-order valence-corrected chi connectivity index (χ2v) is 6.62. The molecule has 84 valence electrons. The largest absolute Gasteiger partial charge is 0.309 e. The number of aryl methyl sites for hydroxylation is 1. The van der Waals surface area contributed by atoms with Crippen LogP contribution in [0.15, 0.2) is 10.5 Å². The van der Waals surface area contributed by atoms with Gasteiger partial charge in [-0.3, -0.25) is 0 Å². The fourth-order valence-corrected chi connectivity index (χ4v) is 4.24. The van der Waals surface area contributed by atoms with Crippen molar-refractivity contribution in [1.29, 1.82) is 0 Å². The van der Waals surface area contributed by atoms with Gasteiger partial charge in [-0.05, 0) is 53.7 Å². The lowest BCUT2D eigenvalue weighted by molar-refractivity contribution is 0.481. The monoisotopic (exact) mass is 287 g/mol. The highest BCUT2D eigenvalue weighted by Gasteiger charge is 2.41. The van der Waals surface area contributed by atoms with Crippen LogP contribution in [0.2, 0.25) is 0 Å². The van der Waals surface area contributed by atoms with Gasteiger partial charge in [0.05, 0.1) is 0 Å². The molecule has 0 aliphatic heterocycles. The zero-order chi connectivity index (χ0) is 11.0. The Morgan fingerprint density at radius 3 is 2.73 bits per heavy atom. The highest BCUT2D eigenvalue weighted by Crippen LogP contribution is 2.49. The Balaban J connectivity index is 2.20. The smallest absolute Gasteiger partial charge is 0.0457 e. The van der Waals surface area contributed by atoms with Gasteiger partial charge in [-0.25, -0.2) is 0 Å². The van der Waals surface area contributed by atoms with Crippen molar-refractivity contribution < 1.29 is 0 Å². The third-order valence-corrected chi connectivity index (χ3v) is 5.19. The van der Waals surface area contributed by atoms with Crippen molar-refractivity contribution >= 4 is 27.3 Å². The van der Waals surface area contributed by atoms with Gasteiger partial charge in [0.2, 0.25) is 0 Å². The maximum atomic E-state index is 3.67. The lowest BCUT2D eigenvalue weighted by Crippen LogP contribution is -2.22. The molecule has 2 rings (SSSR count). The maximum absolute atomic E-state index is 3.67. The molecule has 1 heterocycles. The normalized spacial score (nSPS) is 26.7. The molecule has 0 saturated heterocycles. The van der Waals surface area contributed by atoms with Crippen molar-refractivity contribution in [3.8, 4) is 0 Å². The summed E-state index contributed by atoms with van der Waals surface area (Å²) in [5.74, 6) is 1.74. The predicted molar refractivity (Wildman–Crippen MR) is 70.4 cm³/mol. The molecular weight excluding hydrogens is 270 g/mol.